The van der Waals surface area contributed by atoms with Crippen molar-refractivity contribution in [3.05, 3.63) is 75.4 Å². The van der Waals surface area contributed by atoms with Gasteiger partial charge in [0.1, 0.15) is 0 Å². The fraction of sp³-hybridized carbons (Fsp3) is 0.294. The first-order valence-corrected chi connectivity index (χ1v) is 14.3. The number of nitrogens with one attached hydrogen (secondary N) is 2. The number of aliphatic hydroxyl groups is 1. The summed E-state index contributed by atoms with van der Waals surface area (Å²) in [6.07, 6.45) is 4.61. The third kappa shape index (κ3) is 5.68. The molecule has 2 aliphatic heterocycles. The molecule has 0 saturated heterocycles. The molecule has 0 unspecified atom stereocenters. The second-order valence-electron chi connectivity index (χ2n) is 11.1. The summed E-state index contributed by atoms with van der Waals surface area (Å²) in [6, 6.07) is 5.92. The van der Waals surface area contributed by atoms with Gasteiger partial charge in [-0.3, -0.25) is 9.59 Å². The lowest BCUT2D eigenvalue weighted by molar-refractivity contribution is -0.137. The van der Waals surface area contributed by atoms with Crippen molar-refractivity contribution < 1.29 is 24.9 Å². The number of H-pyrrole nitrogens is 2. The summed E-state index contributed by atoms with van der Waals surface area (Å²) in [6.45, 7) is 11.9. The molecule has 222 valence electrons. The molecule has 5 heterocycles. The number of hydrogen-bond acceptors (Lipinski definition) is 5. The number of allylic oxidation sites excluding steroid dienone is 3. The van der Waals surface area contributed by atoms with Crippen LogP contribution in [0.15, 0.2) is 24.8 Å². The van der Waals surface area contributed by atoms with Crippen LogP contribution in [-0.4, -0.2) is 53.8 Å². The minimum absolute atomic E-state index is 0.0461. The molecule has 0 fully saturated rings. The molecule has 3 aromatic rings. The van der Waals surface area contributed by atoms with Crippen LogP contribution in [0.25, 0.3) is 50.9 Å². The van der Waals surface area contributed by atoms with Gasteiger partial charge in [0.25, 0.3) is 0 Å². The highest BCUT2D eigenvalue weighted by Crippen LogP contribution is 2.36. The number of hydrogen-bond donors (Lipinski definition) is 5. The number of rotatable bonds is 9. The van der Waals surface area contributed by atoms with E-state index in [0.29, 0.717) is 24.1 Å². The first kappa shape index (κ1) is 29.7. The smallest absolute Gasteiger partial charge is 0.303 e. The Balaban J connectivity index is 1.98. The molecule has 0 amide bonds. The molecule has 0 aliphatic carbocycles. The molecule has 9 nitrogen and oxygen atoms in total. The van der Waals surface area contributed by atoms with Crippen molar-refractivity contribution in [2.75, 3.05) is 6.61 Å². The number of aliphatic carboxylic acids is 2. The number of aromatic amines is 2. The first-order chi connectivity index (χ1) is 20.5. The van der Waals surface area contributed by atoms with E-state index in [2.05, 4.69) is 22.6 Å². The van der Waals surface area contributed by atoms with Crippen LogP contribution in [0.1, 0.15) is 83.7 Å². The fourth-order valence-corrected chi connectivity index (χ4v) is 5.98. The van der Waals surface area contributed by atoms with Gasteiger partial charge in [-0.15, -0.1) is 0 Å². The van der Waals surface area contributed by atoms with Gasteiger partial charge < -0.3 is 25.3 Å². The summed E-state index contributed by atoms with van der Waals surface area (Å²) in [5, 5.41) is 29.1. The molecular formula is C34H36N4O5. The Labute approximate surface area is 249 Å². The average Bonchev–Trinajstić information content (AvgIpc) is 3.66. The molecule has 9 heteroatoms. The number of fused-ring (bicyclic) bond motifs is 8. The van der Waals surface area contributed by atoms with Crippen LogP contribution < -0.4 is 0 Å². The number of nitrogens with zero attached hydrogens (tertiary/aromatic N) is 2. The van der Waals surface area contributed by atoms with Crippen molar-refractivity contribution in [3.63, 3.8) is 0 Å². The van der Waals surface area contributed by atoms with Gasteiger partial charge in [0.05, 0.1) is 22.8 Å². The van der Waals surface area contributed by atoms with E-state index in [4.69, 9.17) is 9.97 Å². The Morgan fingerprint density at radius 3 is 2.23 bits per heavy atom. The summed E-state index contributed by atoms with van der Waals surface area (Å²) < 4.78 is 0. The van der Waals surface area contributed by atoms with Gasteiger partial charge in [-0.1, -0.05) is 12.7 Å². The van der Waals surface area contributed by atoms with E-state index in [0.717, 1.165) is 78.2 Å². The summed E-state index contributed by atoms with van der Waals surface area (Å²) in [5.41, 5.74) is 13.1. The SMILES string of the molecule is C=Cc1c2nc(c(CCO)c3[nH]c(cc4nc(cc5[nH]c1cc5C)C(C)=C4CCC(=O)O)c(CCC(=O)O)c3C)C=C2C. The highest BCUT2D eigenvalue weighted by Gasteiger charge is 2.21. The third-order valence-electron chi connectivity index (χ3n) is 8.28. The number of aryl methyl sites for hydroxylation is 3. The van der Waals surface area contributed by atoms with E-state index in [1.165, 1.54) is 0 Å². The predicted octanol–water partition coefficient (Wildman–Crippen LogP) is 6.48. The summed E-state index contributed by atoms with van der Waals surface area (Å²) in [5.74, 6) is -1.80. The maximum absolute atomic E-state index is 11.6. The summed E-state index contributed by atoms with van der Waals surface area (Å²) >= 11 is 0. The Kier molecular flexibility index (Phi) is 8.19. The van der Waals surface area contributed by atoms with Crippen LogP contribution in [0.4, 0.5) is 0 Å². The van der Waals surface area contributed by atoms with Crippen LogP contribution in [0, 0.1) is 13.8 Å². The van der Waals surface area contributed by atoms with Gasteiger partial charge in [-0.25, -0.2) is 9.97 Å². The van der Waals surface area contributed by atoms with Gasteiger partial charge in [0.15, 0.2) is 0 Å². The summed E-state index contributed by atoms with van der Waals surface area (Å²) in [4.78, 5) is 40.2. The van der Waals surface area contributed by atoms with E-state index in [1.54, 1.807) is 6.08 Å². The predicted molar refractivity (Wildman–Crippen MR) is 170 cm³/mol. The van der Waals surface area contributed by atoms with Gasteiger partial charge >= 0.3 is 11.9 Å². The molecule has 5 N–H and O–H groups in total. The normalized spacial score (nSPS) is 12.9. The second kappa shape index (κ2) is 11.9. The molecule has 43 heavy (non-hydrogen) atoms. The average molecular weight is 581 g/mol. The number of carbonyl (C=O) groups is 2. The maximum atomic E-state index is 11.6. The van der Waals surface area contributed by atoms with Gasteiger partial charge in [-0.05, 0) is 105 Å². The van der Waals surface area contributed by atoms with Crippen LogP contribution in [0.2, 0.25) is 0 Å². The molecule has 5 rings (SSSR count). The molecule has 0 aromatic carbocycles. The van der Waals surface area contributed by atoms with Crippen molar-refractivity contribution in [1.29, 1.82) is 0 Å². The second-order valence-corrected chi connectivity index (χ2v) is 11.1. The van der Waals surface area contributed by atoms with E-state index >= 15 is 0 Å². The maximum Gasteiger partial charge on any atom is 0.303 e. The van der Waals surface area contributed by atoms with Crippen molar-refractivity contribution in [2.24, 2.45) is 0 Å². The molecule has 2 aliphatic rings. The fourth-order valence-electron chi connectivity index (χ4n) is 5.98. The molecule has 3 aromatic heterocycles. The zero-order valence-corrected chi connectivity index (χ0v) is 24.9. The first-order valence-electron chi connectivity index (χ1n) is 14.3. The molecule has 0 saturated carbocycles. The lowest BCUT2D eigenvalue weighted by Crippen LogP contribution is -1.99. The minimum Gasteiger partial charge on any atom is -0.481 e. The Hall–Kier alpha value is -4.76. The van der Waals surface area contributed by atoms with Crippen LogP contribution >= 0.6 is 0 Å². The molecular weight excluding hydrogens is 544 g/mol. The topological polar surface area (TPSA) is 152 Å². The quantitative estimate of drug-likeness (QED) is 0.194. The zero-order valence-electron chi connectivity index (χ0n) is 24.9. The van der Waals surface area contributed by atoms with Crippen molar-refractivity contribution in [1.82, 2.24) is 19.9 Å². The largest absolute Gasteiger partial charge is 0.481 e. The van der Waals surface area contributed by atoms with Crippen LogP contribution in [-0.2, 0) is 22.4 Å². The number of aliphatic hydroxyl groups excluding tert-OH is 1. The van der Waals surface area contributed by atoms with Crippen molar-refractivity contribution >= 4 is 62.9 Å². The Bertz CT molecular complexity index is 1910. The Morgan fingerprint density at radius 1 is 0.860 bits per heavy atom. The van der Waals surface area contributed by atoms with Crippen LogP contribution in [0.5, 0.6) is 0 Å². The van der Waals surface area contributed by atoms with Gasteiger partial charge in [0, 0.05) is 52.6 Å². The standard InChI is InChI=1S/C34H36N4O5/c1-6-21-27-13-17(2)25(35-27)15-26-19(4)22(7-9-31(40)41)29(36-26)16-30-23(8-10-32(42)43)20(5)34(38-30)24(11-12-39)28-14-18(3)33(21)37-28/h6,13-16,35,38-39H,1,7-12H2,2-5H3,(H,40,41)(H,42,43). The molecule has 0 spiro atoms. The van der Waals surface area contributed by atoms with Crippen molar-refractivity contribution in [3.8, 4) is 0 Å². The van der Waals surface area contributed by atoms with E-state index < -0.39 is 11.9 Å². The van der Waals surface area contributed by atoms with Crippen molar-refractivity contribution in [2.45, 2.75) is 59.8 Å². The highest BCUT2D eigenvalue weighted by atomic mass is 16.4. The Morgan fingerprint density at radius 2 is 1.56 bits per heavy atom. The highest BCUT2D eigenvalue weighted by molar-refractivity contribution is 5.95. The number of aromatic nitrogens is 4. The monoisotopic (exact) mass is 580 g/mol. The third-order valence-corrected chi connectivity index (χ3v) is 8.28. The van der Waals surface area contributed by atoms with Gasteiger partial charge in [0.2, 0.25) is 0 Å². The van der Waals surface area contributed by atoms with E-state index in [-0.39, 0.29) is 25.9 Å². The minimum atomic E-state index is -0.904. The molecule has 8 bridgehead atoms. The zero-order chi connectivity index (χ0) is 31.0. The number of carboxylic acids is 2. The van der Waals surface area contributed by atoms with E-state index in [1.807, 2.05) is 45.9 Å². The lowest BCUT2D eigenvalue weighted by atomic mass is 10.00. The van der Waals surface area contributed by atoms with Gasteiger partial charge in [-0.2, -0.15) is 0 Å². The summed E-state index contributed by atoms with van der Waals surface area (Å²) in [7, 11) is 0. The lowest BCUT2D eigenvalue weighted by Gasteiger charge is -2.03. The van der Waals surface area contributed by atoms with E-state index in [9.17, 15) is 24.9 Å². The molecule has 0 radical (unpaired) electrons. The molecule has 0 atom stereocenters. The van der Waals surface area contributed by atoms with Crippen LogP contribution in [0.3, 0.4) is 0 Å². The number of carboxylic acid groups (broad SMARTS) is 2.